The van der Waals surface area contributed by atoms with Crippen molar-refractivity contribution in [2.45, 2.75) is 45.6 Å². The third-order valence-corrected chi connectivity index (χ3v) is 3.80. The van der Waals surface area contributed by atoms with E-state index in [1.54, 1.807) is 6.07 Å². The van der Waals surface area contributed by atoms with Crippen LogP contribution in [-0.4, -0.2) is 35.9 Å². The average Bonchev–Trinajstić information content (AvgIpc) is 2.48. The predicted molar refractivity (Wildman–Crippen MR) is 89.3 cm³/mol. The van der Waals surface area contributed by atoms with Crippen molar-refractivity contribution < 1.29 is 24.2 Å². The van der Waals surface area contributed by atoms with E-state index in [1.165, 1.54) is 5.56 Å². The molecule has 0 fully saturated rings. The molecule has 0 spiro atoms. The van der Waals surface area contributed by atoms with Crippen LogP contribution >= 0.6 is 0 Å². The van der Waals surface area contributed by atoms with Gasteiger partial charge in [0.2, 0.25) is 0 Å². The second-order valence-electron chi connectivity index (χ2n) is 7.10. The van der Waals surface area contributed by atoms with Crippen molar-refractivity contribution in [2.75, 3.05) is 13.2 Å². The quantitative estimate of drug-likeness (QED) is 0.864. The van der Waals surface area contributed by atoms with E-state index in [-0.39, 0.29) is 6.61 Å². The summed E-state index contributed by atoms with van der Waals surface area (Å²) in [7, 11) is 0. The highest BCUT2D eigenvalue weighted by atomic mass is 16.6. The molecule has 1 aromatic rings. The maximum atomic E-state index is 11.7. The first kappa shape index (κ1) is 18.1. The van der Waals surface area contributed by atoms with Gasteiger partial charge in [-0.2, -0.15) is 0 Å². The van der Waals surface area contributed by atoms with Gasteiger partial charge in [-0.3, -0.25) is 0 Å². The summed E-state index contributed by atoms with van der Waals surface area (Å²) >= 11 is 0. The lowest BCUT2D eigenvalue weighted by molar-refractivity contribution is -0.139. The number of aliphatic carboxylic acids is 1. The zero-order chi connectivity index (χ0) is 17.7. The van der Waals surface area contributed by atoms with Crippen LogP contribution in [0.4, 0.5) is 4.79 Å². The summed E-state index contributed by atoms with van der Waals surface area (Å²) in [5.74, 6) is -0.0937. The molecule has 0 heterocycles. The van der Waals surface area contributed by atoms with Gasteiger partial charge in [0.1, 0.15) is 11.4 Å². The average molecular weight is 335 g/mol. The number of nitrogens with one attached hydrogen (secondary N) is 1. The second-order valence-corrected chi connectivity index (χ2v) is 7.10. The number of hydrogen-bond acceptors (Lipinski definition) is 4. The van der Waals surface area contributed by atoms with Crippen molar-refractivity contribution in [3.05, 3.63) is 29.3 Å². The minimum Gasteiger partial charge on any atom is -0.482 e. The molecule has 0 radical (unpaired) electrons. The van der Waals surface area contributed by atoms with E-state index in [0.717, 1.165) is 24.8 Å². The van der Waals surface area contributed by atoms with Crippen LogP contribution in [0.15, 0.2) is 18.2 Å². The molecule has 0 saturated heterocycles. The van der Waals surface area contributed by atoms with Crippen molar-refractivity contribution in [3.8, 4) is 5.75 Å². The number of alkyl carbamates (subject to hydrolysis) is 1. The first-order valence-corrected chi connectivity index (χ1v) is 8.16. The molecule has 1 aromatic carbocycles. The number of ether oxygens (including phenoxy) is 2. The molecular weight excluding hydrogens is 310 g/mol. The summed E-state index contributed by atoms with van der Waals surface area (Å²) in [5.41, 5.74) is 1.91. The van der Waals surface area contributed by atoms with Gasteiger partial charge in [0.25, 0.3) is 0 Å². The van der Waals surface area contributed by atoms with Crippen LogP contribution in [0, 0.1) is 5.92 Å². The number of carbonyl (C=O) groups is 2. The van der Waals surface area contributed by atoms with Gasteiger partial charge in [0, 0.05) is 6.54 Å². The number of hydrogen-bond donors (Lipinski definition) is 2. The van der Waals surface area contributed by atoms with E-state index < -0.39 is 17.7 Å². The van der Waals surface area contributed by atoms with Crippen LogP contribution in [0.1, 0.15) is 38.3 Å². The Morgan fingerprint density at radius 3 is 2.71 bits per heavy atom. The lowest BCUT2D eigenvalue weighted by Gasteiger charge is -2.26. The molecule has 6 heteroatoms. The SMILES string of the molecule is CC(C)(C)OC(=O)NC[C@H]1CCc2ccc(OCC(=O)O)cc2C1. The number of carboxylic acid groups (broad SMARTS) is 1. The highest BCUT2D eigenvalue weighted by Crippen LogP contribution is 2.28. The molecule has 2 N–H and O–H groups in total. The first-order valence-electron chi connectivity index (χ1n) is 8.16. The van der Waals surface area contributed by atoms with Gasteiger partial charge in [-0.15, -0.1) is 0 Å². The Labute approximate surface area is 142 Å². The Balaban J connectivity index is 1.89. The van der Waals surface area contributed by atoms with Crippen LogP contribution in [0.3, 0.4) is 0 Å². The van der Waals surface area contributed by atoms with Gasteiger partial charge in [0.05, 0.1) is 0 Å². The van der Waals surface area contributed by atoms with Crippen molar-refractivity contribution in [3.63, 3.8) is 0 Å². The second kappa shape index (κ2) is 7.55. The summed E-state index contributed by atoms with van der Waals surface area (Å²) in [5, 5.41) is 11.5. The normalized spacial score (nSPS) is 16.9. The number of fused-ring (bicyclic) bond motifs is 1. The van der Waals surface area contributed by atoms with Gasteiger partial charge < -0.3 is 19.9 Å². The Bertz CT molecular complexity index is 606. The van der Waals surface area contributed by atoms with E-state index in [0.29, 0.717) is 18.2 Å². The standard InChI is InChI=1S/C18H25NO5/c1-18(2,3)24-17(22)19-10-12-4-5-13-6-7-15(9-14(13)8-12)23-11-16(20)21/h6-7,9,12H,4-5,8,10-11H2,1-3H3,(H,19,22)(H,20,21)/t12-/m0/s1. The van der Waals surface area contributed by atoms with Crippen molar-refractivity contribution in [1.29, 1.82) is 0 Å². The topological polar surface area (TPSA) is 84.9 Å². The van der Waals surface area contributed by atoms with Crippen LogP contribution in [0.5, 0.6) is 5.75 Å². The number of benzene rings is 1. The molecule has 132 valence electrons. The van der Waals surface area contributed by atoms with Crippen LogP contribution < -0.4 is 10.1 Å². The smallest absolute Gasteiger partial charge is 0.407 e. The molecule has 1 aliphatic carbocycles. The number of amides is 1. The van der Waals surface area contributed by atoms with E-state index in [4.69, 9.17) is 14.6 Å². The maximum Gasteiger partial charge on any atom is 0.407 e. The Morgan fingerprint density at radius 2 is 2.04 bits per heavy atom. The van der Waals surface area contributed by atoms with E-state index in [9.17, 15) is 9.59 Å². The minimum atomic E-state index is -0.993. The zero-order valence-corrected chi connectivity index (χ0v) is 14.4. The zero-order valence-electron chi connectivity index (χ0n) is 14.4. The highest BCUT2D eigenvalue weighted by Gasteiger charge is 2.21. The highest BCUT2D eigenvalue weighted by molar-refractivity contribution is 5.68. The lowest BCUT2D eigenvalue weighted by Crippen LogP contribution is -2.36. The summed E-state index contributed by atoms with van der Waals surface area (Å²) in [4.78, 5) is 22.3. The van der Waals surface area contributed by atoms with Gasteiger partial charge in [0.15, 0.2) is 6.61 Å². The summed E-state index contributed by atoms with van der Waals surface area (Å²) in [6.45, 7) is 5.73. The predicted octanol–water partition coefficient (Wildman–Crippen LogP) is 2.78. The Hall–Kier alpha value is -2.24. The maximum absolute atomic E-state index is 11.7. The molecular formula is C18H25NO5. The van der Waals surface area contributed by atoms with Crippen LogP contribution in [-0.2, 0) is 22.4 Å². The van der Waals surface area contributed by atoms with Gasteiger partial charge in [-0.1, -0.05) is 6.07 Å². The summed E-state index contributed by atoms with van der Waals surface area (Å²) in [6.07, 6.45) is 2.37. The number of aryl methyl sites for hydroxylation is 1. The van der Waals surface area contributed by atoms with Crippen LogP contribution in [0.25, 0.3) is 0 Å². The Morgan fingerprint density at radius 1 is 1.29 bits per heavy atom. The van der Waals surface area contributed by atoms with Crippen molar-refractivity contribution in [2.24, 2.45) is 5.92 Å². The molecule has 24 heavy (non-hydrogen) atoms. The largest absolute Gasteiger partial charge is 0.482 e. The molecule has 1 aliphatic rings. The fourth-order valence-electron chi connectivity index (χ4n) is 2.76. The molecule has 0 aliphatic heterocycles. The minimum absolute atomic E-state index is 0.333. The third kappa shape index (κ3) is 5.76. The van der Waals surface area contributed by atoms with Crippen molar-refractivity contribution >= 4 is 12.1 Å². The Kier molecular flexibility index (Phi) is 5.70. The third-order valence-electron chi connectivity index (χ3n) is 3.80. The van der Waals surface area contributed by atoms with Crippen molar-refractivity contribution in [1.82, 2.24) is 5.32 Å². The van der Waals surface area contributed by atoms with E-state index >= 15 is 0 Å². The molecule has 2 rings (SSSR count). The molecule has 0 unspecified atom stereocenters. The molecule has 0 saturated carbocycles. The fourth-order valence-corrected chi connectivity index (χ4v) is 2.76. The summed E-state index contributed by atoms with van der Waals surface area (Å²) in [6, 6.07) is 5.70. The summed E-state index contributed by atoms with van der Waals surface area (Å²) < 4.78 is 10.5. The van der Waals surface area contributed by atoms with E-state index in [2.05, 4.69) is 5.32 Å². The monoisotopic (exact) mass is 335 g/mol. The number of carboxylic acids is 1. The van der Waals surface area contributed by atoms with Crippen LogP contribution in [0.2, 0.25) is 0 Å². The van der Waals surface area contributed by atoms with E-state index in [1.807, 2.05) is 32.9 Å². The lowest BCUT2D eigenvalue weighted by atomic mass is 9.84. The van der Waals surface area contributed by atoms with Gasteiger partial charge in [-0.05, 0) is 69.2 Å². The fraction of sp³-hybridized carbons (Fsp3) is 0.556. The molecule has 1 amide bonds. The first-order chi connectivity index (χ1) is 11.2. The van der Waals surface area contributed by atoms with Gasteiger partial charge >= 0.3 is 12.1 Å². The molecule has 6 nitrogen and oxygen atoms in total. The number of rotatable bonds is 5. The number of carbonyl (C=O) groups excluding carboxylic acids is 1. The molecule has 1 atom stereocenters. The molecule has 0 bridgehead atoms. The molecule has 0 aromatic heterocycles. The van der Waals surface area contributed by atoms with Gasteiger partial charge in [-0.25, -0.2) is 9.59 Å².